The van der Waals surface area contributed by atoms with Gasteiger partial charge in [0, 0.05) is 25.4 Å². The fraction of sp³-hybridized carbons (Fsp3) is 0.433. The molecular formula is C30H33F5N4O6S2. The second kappa shape index (κ2) is 15.1. The first-order valence-corrected chi connectivity index (χ1v) is 17.0. The average Bonchev–Trinajstić information content (AvgIpc) is 3.48. The third-order valence-corrected chi connectivity index (χ3v) is 10.1. The van der Waals surface area contributed by atoms with Gasteiger partial charge in [0.25, 0.3) is 5.91 Å². The Morgan fingerprint density at radius 3 is 2.26 bits per heavy atom. The van der Waals surface area contributed by atoms with Crippen molar-refractivity contribution in [2.24, 2.45) is 0 Å². The lowest BCUT2D eigenvalue weighted by molar-refractivity contribution is -0.241. The molecule has 3 atom stereocenters. The lowest BCUT2D eigenvalue weighted by atomic mass is 10.1. The first kappa shape index (κ1) is 36.3. The molecule has 1 unspecified atom stereocenters. The number of ether oxygens (including phenoxy) is 1. The Morgan fingerprint density at radius 1 is 1.06 bits per heavy atom. The van der Waals surface area contributed by atoms with E-state index in [4.69, 9.17) is 8.92 Å². The van der Waals surface area contributed by atoms with E-state index >= 15 is 0 Å². The molecule has 0 spiro atoms. The minimum Gasteiger partial charge on any atom is -0.425 e. The number of hydrogen-bond donors (Lipinski definition) is 2. The van der Waals surface area contributed by atoms with Crippen molar-refractivity contribution in [2.75, 3.05) is 30.4 Å². The van der Waals surface area contributed by atoms with Crippen LogP contribution >= 0.6 is 12.0 Å². The van der Waals surface area contributed by atoms with Crippen LogP contribution in [0.1, 0.15) is 54.2 Å². The number of nitrogens with zero attached hydrogens (tertiary/aromatic N) is 3. The van der Waals surface area contributed by atoms with Crippen LogP contribution in [0.15, 0.2) is 65.8 Å². The molecule has 0 bridgehead atoms. The van der Waals surface area contributed by atoms with Crippen LogP contribution in [0, 0.1) is 0 Å². The second-order valence-corrected chi connectivity index (χ2v) is 13.9. The molecule has 10 nitrogen and oxygen atoms in total. The average molecular weight is 705 g/mol. The van der Waals surface area contributed by atoms with E-state index in [1.54, 1.807) is 4.90 Å². The number of benzene rings is 2. The summed E-state index contributed by atoms with van der Waals surface area (Å²) in [7, 11) is -3.42. The van der Waals surface area contributed by atoms with E-state index in [9.17, 15) is 40.3 Å². The summed E-state index contributed by atoms with van der Waals surface area (Å²) in [5, 5.41) is 12.2. The van der Waals surface area contributed by atoms with Crippen LogP contribution < -0.4 is 14.4 Å². The van der Waals surface area contributed by atoms with Gasteiger partial charge in [-0.05, 0) is 48.4 Å². The smallest absolute Gasteiger partial charge is 0.416 e. The maximum Gasteiger partial charge on any atom is 0.416 e. The number of nitrogens with one attached hydrogen (secondary N) is 1. The monoisotopic (exact) mass is 704 g/mol. The number of hydrogen-bond acceptors (Lipinski definition) is 10. The van der Waals surface area contributed by atoms with Gasteiger partial charge in [0.1, 0.15) is 5.75 Å². The molecule has 47 heavy (non-hydrogen) atoms. The summed E-state index contributed by atoms with van der Waals surface area (Å²) in [6.45, 7) is 2.17. The van der Waals surface area contributed by atoms with Gasteiger partial charge in [0.2, 0.25) is 5.95 Å². The predicted octanol–water partition coefficient (Wildman–Crippen LogP) is 5.45. The van der Waals surface area contributed by atoms with E-state index in [0.29, 0.717) is 12.0 Å². The van der Waals surface area contributed by atoms with E-state index in [1.165, 1.54) is 62.6 Å². The Morgan fingerprint density at radius 2 is 1.70 bits per heavy atom. The van der Waals surface area contributed by atoms with Crippen LogP contribution in [0.3, 0.4) is 0 Å². The highest BCUT2D eigenvalue weighted by atomic mass is 32.2. The quantitative estimate of drug-likeness (QED) is 0.165. The van der Waals surface area contributed by atoms with Crippen LogP contribution in [-0.2, 0) is 20.8 Å². The fourth-order valence-corrected chi connectivity index (χ4v) is 6.39. The van der Waals surface area contributed by atoms with Gasteiger partial charge >= 0.3 is 12.3 Å². The van der Waals surface area contributed by atoms with Crippen molar-refractivity contribution in [1.29, 1.82) is 0 Å². The number of anilines is 1. The number of aromatic nitrogens is 2. The lowest BCUT2D eigenvalue weighted by Crippen LogP contribution is -2.37. The van der Waals surface area contributed by atoms with Gasteiger partial charge in [0.05, 0.1) is 64.4 Å². The first-order valence-electron chi connectivity index (χ1n) is 14.5. The van der Waals surface area contributed by atoms with Crippen molar-refractivity contribution >= 4 is 33.7 Å². The molecule has 1 aliphatic rings. The Hall–Kier alpha value is -3.54. The molecule has 0 saturated carbocycles. The van der Waals surface area contributed by atoms with E-state index < -0.39 is 58.7 Å². The van der Waals surface area contributed by atoms with Crippen LogP contribution in [0.4, 0.5) is 27.9 Å². The Kier molecular flexibility index (Phi) is 11.7. The number of carbonyl (C=O) groups is 1. The van der Waals surface area contributed by atoms with E-state index in [-0.39, 0.29) is 46.3 Å². The second-order valence-electron chi connectivity index (χ2n) is 10.6. The summed E-state index contributed by atoms with van der Waals surface area (Å²) < 4.78 is 101. The number of rotatable bonds is 14. The van der Waals surface area contributed by atoms with Crippen LogP contribution in [0.5, 0.6) is 5.75 Å². The highest BCUT2D eigenvalue weighted by molar-refractivity contribution is 7.95. The van der Waals surface area contributed by atoms with E-state index in [2.05, 4.69) is 15.3 Å². The van der Waals surface area contributed by atoms with Gasteiger partial charge in [-0.2, -0.15) is 22.0 Å². The summed E-state index contributed by atoms with van der Waals surface area (Å²) in [5.41, 5.74) is -0.312. The number of halogens is 5. The van der Waals surface area contributed by atoms with Crippen molar-refractivity contribution in [3.63, 3.8) is 0 Å². The standard InChI is InChI=1S/C30H33F5N4O6S2/c1-3-29(31,32)44-18-22-13-24(46-45-23-9-7-21(8-10-23)30(33,34)35)16-39(22)28-36-14-20(15-37-28)27(41)38-26(17-40)19-5-11-25(12-6-19)47(42,43)4-2/h5-12,14-15,22,24,26,40H,3-4,13,16-18H2,1-2H3,(H,38,41)/t22-,24?,26-/m0/s1. The molecule has 1 aliphatic heterocycles. The number of aliphatic hydroxyl groups is 1. The molecule has 1 fully saturated rings. The Labute approximate surface area is 272 Å². The van der Waals surface area contributed by atoms with E-state index in [0.717, 1.165) is 24.2 Å². The molecule has 1 aromatic heterocycles. The normalized spacial score (nSPS) is 17.8. The molecule has 17 heteroatoms. The summed E-state index contributed by atoms with van der Waals surface area (Å²) >= 11 is 0.968. The minimum atomic E-state index is -4.49. The summed E-state index contributed by atoms with van der Waals surface area (Å²) in [4.78, 5) is 23.2. The highest BCUT2D eigenvalue weighted by Gasteiger charge is 2.38. The molecule has 1 saturated heterocycles. The van der Waals surface area contributed by atoms with Crippen molar-refractivity contribution in [3.05, 3.63) is 77.6 Å². The zero-order chi connectivity index (χ0) is 34.4. The largest absolute Gasteiger partial charge is 0.425 e. The van der Waals surface area contributed by atoms with Gasteiger partial charge < -0.3 is 24.2 Å². The predicted molar refractivity (Wildman–Crippen MR) is 164 cm³/mol. The van der Waals surface area contributed by atoms with Gasteiger partial charge in [-0.15, -0.1) is 0 Å². The molecule has 2 heterocycles. The molecule has 3 aromatic rings. The number of carbonyl (C=O) groups excluding carboxylic acids is 1. The van der Waals surface area contributed by atoms with Gasteiger partial charge in [0.15, 0.2) is 9.84 Å². The van der Waals surface area contributed by atoms with Gasteiger partial charge in [-0.25, -0.2) is 18.4 Å². The van der Waals surface area contributed by atoms with Crippen LogP contribution in [0.25, 0.3) is 0 Å². The van der Waals surface area contributed by atoms with Crippen molar-refractivity contribution in [2.45, 2.75) is 61.2 Å². The number of aliphatic hydroxyl groups excluding tert-OH is 1. The lowest BCUT2D eigenvalue weighted by Gasteiger charge is -2.26. The fourth-order valence-electron chi connectivity index (χ4n) is 4.63. The maximum absolute atomic E-state index is 13.9. The number of amides is 1. The molecule has 0 aliphatic carbocycles. The van der Waals surface area contributed by atoms with Crippen LogP contribution in [0.2, 0.25) is 0 Å². The summed E-state index contributed by atoms with van der Waals surface area (Å²) in [5.74, 6) is -0.391. The van der Waals surface area contributed by atoms with Gasteiger partial charge in [-0.3, -0.25) is 4.79 Å². The molecular weight excluding hydrogens is 671 g/mol. The molecule has 0 radical (unpaired) electrons. The van der Waals surface area contributed by atoms with Crippen LogP contribution in [-0.4, -0.2) is 72.3 Å². The zero-order valence-electron chi connectivity index (χ0n) is 25.3. The highest BCUT2D eigenvalue weighted by Crippen LogP contribution is 2.35. The molecule has 4 rings (SSSR count). The molecule has 256 valence electrons. The zero-order valence-corrected chi connectivity index (χ0v) is 26.9. The van der Waals surface area contributed by atoms with Gasteiger partial charge in [-0.1, -0.05) is 26.0 Å². The van der Waals surface area contributed by atoms with Crippen molar-refractivity contribution < 1.29 is 49.2 Å². The van der Waals surface area contributed by atoms with Crippen molar-refractivity contribution in [1.82, 2.24) is 15.3 Å². The Balaban J connectivity index is 1.43. The number of sulfone groups is 1. The molecule has 2 N–H and O–H groups in total. The Bertz CT molecular complexity index is 1590. The molecule has 1 amide bonds. The maximum atomic E-state index is 13.9. The van der Waals surface area contributed by atoms with E-state index in [1.807, 2.05) is 0 Å². The summed E-state index contributed by atoms with van der Waals surface area (Å²) in [6, 6.07) is 8.47. The third kappa shape index (κ3) is 9.52. The first-order chi connectivity index (χ1) is 22.2. The SMILES string of the molecule is CCC(F)(F)OC[C@@H]1CC(SOc2ccc(C(F)(F)F)cc2)CN1c1ncc(C(=O)N[C@@H](CO)c2ccc(S(=O)(=O)CC)cc2)cn1. The summed E-state index contributed by atoms with van der Waals surface area (Å²) in [6.07, 6.45) is -5.61. The molecule has 2 aromatic carbocycles. The van der Waals surface area contributed by atoms with Crippen molar-refractivity contribution in [3.8, 4) is 5.75 Å². The minimum absolute atomic E-state index is 0.0402. The topological polar surface area (TPSA) is 131 Å². The number of alkyl halides is 5. The third-order valence-electron chi connectivity index (χ3n) is 7.40.